The normalized spacial score (nSPS) is 19.8. The molecule has 2 heteroatoms. The molecule has 2 rings (SSSR count). The van der Waals surface area contributed by atoms with E-state index in [1.54, 1.807) is 0 Å². The van der Waals surface area contributed by atoms with Crippen LogP contribution in [0.15, 0.2) is 23.8 Å². The van der Waals surface area contributed by atoms with Gasteiger partial charge < -0.3 is 9.84 Å². The molecule has 1 N–H and O–H groups in total. The number of phenolic OH excluding ortho intramolecular Hbond substituents is 1. The number of benzene rings is 1. The van der Waals surface area contributed by atoms with Gasteiger partial charge in [0, 0.05) is 5.56 Å². The summed E-state index contributed by atoms with van der Waals surface area (Å²) in [4.78, 5) is 0. The van der Waals surface area contributed by atoms with E-state index in [2.05, 4.69) is 39.8 Å². The van der Waals surface area contributed by atoms with Crippen molar-refractivity contribution in [3.8, 4) is 11.5 Å². The molecule has 0 radical (unpaired) electrons. The number of fused-ring (bicyclic) bond motifs is 1. The van der Waals surface area contributed by atoms with Crippen LogP contribution in [0.4, 0.5) is 0 Å². The molecular formula is C21H32O2. The van der Waals surface area contributed by atoms with E-state index < -0.39 is 0 Å². The van der Waals surface area contributed by atoms with Crippen LogP contribution in [0.1, 0.15) is 77.3 Å². The number of hydrogen-bond donors (Lipinski definition) is 1. The van der Waals surface area contributed by atoms with Crippen molar-refractivity contribution in [3.05, 3.63) is 34.9 Å². The van der Waals surface area contributed by atoms with Gasteiger partial charge >= 0.3 is 0 Å². The second-order valence-corrected chi connectivity index (χ2v) is 7.42. The van der Waals surface area contributed by atoms with Crippen molar-refractivity contribution in [1.82, 2.24) is 0 Å². The Morgan fingerprint density at radius 1 is 1.30 bits per heavy atom. The first-order valence-electron chi connectivity index (χ1n) is 9.10. The van der Waals surface area contributed by atoms with Gasteiger partial charge in [0.1, 0.15) is 17.1 Å². The molecule has 0 saturated heterocycles. The second-order valence-electron chi connectivity index (χ2n) is 7.42. The molecule has 1 aromatic rings. The molecule has 1 aliphatic rings. The molecule has 0 saturated carbocycles. The molecular weight excluding hydrogens is 284 g/mol. The van der Waals surface area contributed by atoms with Crippen LogP contribution in [-0.4, -0.2) is 10.7 Å². The Morgan fingerprint density at radius 3 is 2.78 bits per heavy atom. The fraction of sp³-hybridized carbons (Fsp3) is 0.619. The Morgan fingerprint density at radius 2 is 2.09 bits per heavy atom. The van der Waals surface area contributed by atoms with Crippen LogP contribution in [0.3, 0.4) is 0 Å². The molecule has 1 aliphatic heterocycles. The second kappa shape index (κ2) is 7.90. The fourth-order valence-corrected chi connectivity index (χ4v) is 3.30. The Hall–Kier alpha value is -1.44. The predicted molar refractivity (Wildman–Crippen MR) is 97.4 cm³/mol. The van der Waals surface area contributed by atoms with Crippen molar-refractivity contribution < 1.29 is 9.84 Å². The van der Waals surface area contributed by atoms with E-state index in [4.69, 9.17) is 4.74 Å². The number of phenols is 1. The van der Waals surface area contributed by atoms with E-state index in [0.717, 1.165) is 43.4 Å². The molecule has 128 valence electrons. The van der Waals surface area contributed by atoms with Crippen molar-refractivity contribution in [2.24, 2.45) is 0 Å². The van der Waals surface area contributed by atoms with E-state index in [9.17, 15) is 5.11 Å². The summed E-state index contributed by atoms with van der Waals surface area (Å²) in [6, 6.07) is 4.09. The van der Waals surface area contributed by atoms with E-state index in [1.165, 1.54) is 30.4 Å². The van der Waals surface area contributed by atoms with Crippen molar-refractivity contribution in [2.45, 2.75) is 84.7 Å². The molecule has 1 atom stereocenters. The van der Waals surface area contributed by atoms with Gasteiger partial charge in [-0.3, -0.25) is 0 Å². The number of hydrogen-bond acceptors (Lipinski definition) is 2. The van der Waals surface area contributed by atoms with Crippen LogP contribution >= 0.6 is 0 Å². The van der Waals surface area contributed by atoms with Crippen molar-refractivity contribution in [3.63, 3.8) is 0 Å². The number of allylic oxidation sites excluding steroid dienone is 2. The summed E-state index contributed by atoms with van der Waals surface area (Å²) in [6.45, 7) is 8.70. The third-order valence-corrected chi connectivity index (χ3v) is 4.80. The van der Waals surface area contributed by atoms with E-state index in [0.29, 0.717) is 5.75 Å². The maximum Gasteiger partial charge on any atom is 0.127 e. The van der Waals surface area contributed by atoms with Gasteiger partial charge in [0.15, 0.2) is 0 Å². The van der Waals surface area contributed by atoms with Crippen LogP contribution in [0, 0.1) is 0 Å². The minimum atomic E-state index is -0.118. The summed E-state index contributed by atoms with van der Waals surface area (Å²) < 4.78 is 6.34. The Balaban J connectivity index is 2.09. The summed E-state index contributed by atoms with van der Waals surface area (Å²) in [5, 5.41) is 10.3. The van der Waals surface area contributed by atoms with Crippen LogP contribution in [0.2, 0.25) is 0 Å². The van der Waals surface area contributed by atoms with Crippen molar-refractivity contribution >= 4 is 0 Å². The molecule has 0 fully saturated rings. The number of aryl methyl sites for hydroxylation is 1. The summed E-state index contributed by atoms with van der Waals surface area (Å²) >= 11 is 0. The zero-order valence-corrected chi connectivity index (χ0v) is 15.2. The molecule has 1 heterocycles. The lowest BCUT2D eigenvalue weighted by Gasteiger charge is -2.36. The minimum absolute atomic E-state index is 0.118. The standard InChI is InChI=1S/C21H32O2/c1-5-6-7-10-17-14-19(22)18-11-13-21(4,23-20(18)15-17)12-8-9-16(2)3/h9,14-15,22H,5-8,10-13H2,1-4H3. The molecule has 1 unspecified atom stereocenters. The zero-order valence-electron chi connectivity index (χ0n) is 15.2. The highest BCUT2D eigenvalue weighted by atomic mass is 16.5. The van der Waals surface area contributed by atoms with Gasteiger partial charge in [-0.15, -0.1) is 0 Å². The third kappa shape index (κ3) is 5.02. The first-order chi connectivity index (χ1) is 10.9. The average molecular weight is 316 g/mol. The quantitative estimate of drug-likeness (QED) is 0.497. The Bertz CT molecular complexity index is 555. The lowest BCUT2D eigenvalue weighted by atomic mass is 9.87. The molecule has 2 nitrogen and oxygen atoms in total. The highest BCUT2D eigenvalue weighted by Crippen LogP contribution is 2.41. The van der Waals surface area contributed by atoms with E-state index >= 15 is 0 Å². The smallest absolute Gasteiger partial charge is 0.127 e. The van der Waals surface area contributed by atoms with Crippen molar-refractivity contribution in [2.75, 3.05) is 0 Å². The maximum absolute atomic E-state index is 10.3. The molecule has 0 spiro atoms. The molecule has 0 aromatic heterocycles. The third-order valence-electron chi connectivity index (χ3n) is 4.80. The average Bonchev–Trinajstić information content (AvgIpc) is 2.46. The minimum Gasteiger partial charge on any atom is -0.508 e. The number of unbranched alkanes of at least 4 members (excludes halogenated alkanes) is 2. The fourth-order valence-electron chi connectivity index (χ4n) is 3.30. The van der Waals surface area contributed by atoms with Crippen LogP contribution in [0.25, 0.3) is 0 Å². The van der Waals surface area contributed by atoms with Gasteiger partial charge in [-0.25, -0.2) is 0 Å². The summed E-state index contributed by atoms with van der Waals surface area (Å²) in [5.74, 6) is 1.32. The van der Waals surface area contributed by atoms with Gasteiger partial charge in [0.25, 0.3) is 0 Å². The van der Waals surface area contributed by atoms with Crippen LogP contribution < -0.4 is 4.74 Å². The van der Waals surface area contributed by atoms with Gasteiger partial charge in [0.05, 0.1) is 0 Å². The van der Waals surface area contributed by atoms with Gasteiger partial charge in [-0.1, -0.05) is 31.4 Å². The highest BCUT2D eigenvalue weighted by Gasteiger charge is 2.32. The molecule has 1 aromatic carbocycles. The summed E-state index contributed by atoms with van der Waals surface area (Å²) in [6.07, 6.45) is 10.9. The van der Waals surface area contributed by atoms with Crippen LogP contribution in [0.5, 0.6) is 11.5 Å². The summed E-state index contributed by atoms with van der Waals surface area (Å²) in [7, 11) is 0. The van der Waals surface area contributed by atoms with Gasteiger partial charge in [0.2, 0.25) is 0 Å². The van der Waals surface area contributed by atoms with E-state index in [-0.39, 0.29) is 5.60 Å². The molecule has 23 heavy (non-hydrogen) atoms. The molecule has 0 amide bonds. The first kappa shape index (κ1) is 17.9. The molecule has 0 aliphatic carbocycles. The van der Waals surface area contributed by atoms with E-state index in [1.807, 2.05) is 6.07 Å². The number of aromatic hydroxyl groups is 1. The topological polar surface area (TPSA) is 29.5 Å². The zero-order chi connectivity index (χ0) is 16.9. The Labute approximate surface area is 141 Å². The number of rotatable bonds is 7. The highest BCUT2D eigenvalue weighted by molar-refractivity contribution is 5.49. The first-order valence-corrected chi connectivity index (χ1v) is 9.10. The summed E-state index contributed by atoms with van der Waals surface area (Å²) in [5.41, 5.74) is 3.43. The van der Waals surface area contributed by atoms with Crippen LogP contribution in [-0.2, 0) is 12.8 Å². The SMILES string of the molecule is CCCCCc1cc(O)c2c(c1)OC(C)(CCC=C(C)C)CC2. The van der Waals surface area contributed by atoms with Gasteiger partial charge in [-0.05, 0) is 77.0 Å². The largest absolute Gasteiger partial charge is 0.508 e. The lowest BCUT2D eigenvalue weighted by molar-refractivity contribution is 0.0563. The Kier molecular flexibility index (Phi) is 6.15. The maximum atomic E-state index is 10.3. The lowest BCUT2D eigenvalue weighted by Crippen LogP contribution is -2.36. The molecule has 0 bridgehead atoms. The predicted octanol–water partition coefficient (Wildman–Crippen LogP) is 5.96. The monoisotopic (exact) mass is 316 g/mol. The number of ether oxygens (including phenoxy) is 1. The van der Waals surface area contributed by atoms with Crippen molar-refractivity contribution in [1.29, 1.82) is 0 Å². The van der Waals surface area contributed by atoms with Gasteiger partial charge in [-0.2, -0.15) is 0 Å².